The zero-order valence-corrected chi connectivity index (χ0v) is 18.5. The molecule has 0 heterocycles. The summed E-state index contributed by atoms with van der Waals surface area (Å²) in [6.45, 7) is 4.88. The molecule has 0 aliphatic rings. The molecule has 9 heteroatoms. The van der Waals surface area contributed by atoms with E-state index in [2.05, 4.69) is 10.6 Å². The van der Waals surface area contributed by atoms with Gasteiger partial charge in [-0.2, -0.15) is 0 Å². The lowest BCUT2D eigenvalue weighted by Gasteiger charge is -2.09. The molecule has 2 rings (SSSR count). The van der Waals surface area contributed by atoms with Crippen LogP contribution in [0.15, 0.2) is 48.5 Å². The van der Waals surface area contributed by atoms with Gasteiger partial charge in [-0.3, -0.25) is 10.8 Å². The second-order valence-electron chi connectivity index (χ2n) is 6.78. The van der Waals surface area contributed by atoms with Gasteiger partial charge in [0.1, 0.15) is 23.2 Å². The van der Waals surface area contributed by atoms with Gasteiger partial charge in [0, 0.05) is 24.2 Å². The maximum atomic E-state index is 7.36. The SMILES string of the molecule is Cl.N=C(N)c1ccc(OCCCNCCNCCCOc2ccc(C(=N)N)cc2)cc1. The van der Waals surface area contributed by atoms with E-state index >= 15 is 0 Å². The topological polar surface area (TPSA) is 142 Å². The van der Waals surface area contributed by atoms with Crippen molar-refractivity contribution in [1.29, 1.82) is 10.8 Å². The number of nitrogens with two attached hydrogens (primary N) is 2. The first-order valence-corrected chi connectivity index (χ1v) is 10.1. The van der Waals surface area contributed by atoms with E-state index in [1.54, 1.807) is 24.3 Å². The normalized spacial score (nSPS) is 10.2. The lowest BCUT2D eigenvalue weighted by atomic mass is 10.2. The van der Waals surface area contributed by atoms with E-state index in [1.807, 2.05) is 24.3 Å². The number of nitrogen functional groups attached to an aromatic ring is 2. The van der Waals surface area contributed by atoms with Crippen LogP contribution in [-0.4, -0.2) is 51.1 Å². The van der Waals surface area contributed by atoms with Crippen molar-refractivity contribution in [3.63, 3.8) is 0 Å². The number of hydrogen-bond acceptors (Lipinski definition) is 6. The number of benzene rings is 2. The summed E-state index contributed by atoms with van der Waals surface area (Å²) in [7, 11) is 0. The molecular weight excluding hydrogens is 416 g/mol. The summed E-state index contributed by atoms with van der Waals surface area (Å²) in [5, 5.41) is 21.5. The van der Waals surface area contributed by atoms with E-state index < -0.39 is 0 Å². The van der Waals surface area contributed by atoms with Crippen LogP contribution in [0, 0.1) is 10.8 Å². The predicted molar refractivity (Wildman–Crippen MR) is 128 cm³/mol. The van der Waals surface area contributed by atoms with E-state index in [4.69, 9.17) is 31.8 Å². The van der Waals surface area contributed by atoms with E-state index in [9.17, 15) is 0 Å². The molecule has 31 heavy (non-hydrogen) atoms. The quantitative estimate of drug-likeness (QED) is 0.140. The molecule has 0 bridgehead atoms. The van der Waals surface area contributed by atoms with Crippen LogP contribution in [0.2, 0.25) is 0 Å². The first kappa shape index (κ1) is 26.2. The lowest BCUT2D eigenvalue weighted by molar-refractivity contribution is 0.305. The van der Waals surface area contributed by atoms with Crippen molar-refractivity contribution in [2.75, 3.05) is 39.4 Å². The number of halogens is 1. The Kier molecular flexibility index (Phi) is 12.7. The Labute approximate surface area is 190 Å². The Bertz CT molecular complexity index is 716. The van der Waals surface area contributed by atoms with Gasteiger partial charge < -0.3 is 31.6 Å². The van der Waals surface area contributed by atoms with Crippen molar-refractivity contribution < 1.29 is 9.47 Å². The van der Waals surface area contributed by atoms with Crippen molar-refractivity contribution in [2.45, 2.75) is 12.8 Å². The molecule has 0 amide bonds. The van der Waals surface area contributed by atoms with Crippen LogP contribution in [0.1, 0.15) is 24.0 Å². The molecular formula is C22H33ClN6O2. The summed E-state index contributed by atoms with van der Waals surface area (Å²) in [6.07, 6.45) is 1.84. The highest BCUT2D eigenvalue weighted by molar-refractivity contribution is 5.95. The van der Waals surface area contributed by atoms with Gasteiger partial charge in [-0.15, -0.1) is 12.4 Å². The third-order valence-electron chi connectivity index (χ3n) is 4.34. The van der Waals surface area contributed by atoms with Gasteiger partial charge in [0.05, 0.1) is 13.2 Å². The Balaban J connectivity index is 0.00000480. The minimum Gasteiger partial charge on any atom is -0.494 e. The monoisotopic (exact) mass is 448 g/mol. The molecule has 0 radical (unpaired) electrons. The largest absolute Gasteiger partial charge is 0.494 e. The Morgan fingerprint density at radius 2 is 1.00 bits per heavy atom. The third kappa shape index (κ3) is 10.7. The summed E-state index contributed by atoms with van der Waals surface area (Å²) in [6, 6.07) is 14.5. The lowest BCUT2D eigenvalue weighted by Crippen LogP contribution is -2.29. The second kappa shape index (κ2) is 15.1. The molecule has 2 aromatic carbocycles. The van der Waals surface area contributed by atoms with E-state index in [0.29, 0.717) is 24.3 Å². The average Bonchev–Trinajstić information content (AvgIpc) is 2.75. The highest BCUT2D eigenvalue weighted by Crippen LogP contribution is 2.12. The van der Waals surface area contributed by atoms with Gasteiger partial charge >= 0.3 is 0 Å². The molecule has 8 N–H and O–H groups in total. The zero-order chi connectivity index (χ0) is 21.6. The third-order valence-corrected chi connectivity index (χ3v) is 4.34. The molecule has 0 aliphatic carbocycles. The molecule has 0 saturated heterocycles. The molecule has 0 atom stereocenters. The summed E-state index contributed by atoms with van der Waals surface area (Å²) >= 11 is 0. The average molecular weight is 449 g/mol. The van der Waals surface area contributed by atoms with Crippen molar-refractivity contribution in [2.24, 2.45) is 11.5 Å². The van der Waals surface area contributed by atoms with Gasteiger partial charge in [0.25, 0.3) is 0 Å². The van der Waals surface area contributed by atoms with Crippen LogP contribution in [0.5, 0.6) is 11.5 Å². The van der Waals surface area contributed by atoms with Gasteiger partial charge in [0.15, 0.2) is 0 Å². The number of rotatable bonds is 15. The molecule has 0 saturated carbocycles. The molecule has 0 spiro atoms. The number of hydrogen-bond donors (Lipinski definition) is 6. The maximum absolute atomic E-state index is 7.36. The smallest absolute Gasteiger partial charge is 0.122 e. The minimum atomic E-state index is 0. The number of nitrogens with one attached hydrogen (secondary N) is 4. The first-order valence-electron chi connectivity index (χ1n) is 10.1. The van der Waals surface area contributed by atoms with Crippen molar-refractivity contribution in [1.82, 2.24) is 10.6 Å². The summed E-state index contributed by atoms with van der Waals surface area (Å²) in [5.41, 5.74) is 12.3. The zero-order valence-electron chi connectivity index (χ0n) is 17.7. The Morgan fingerprint density at radius 1 is 0.645 bits per heavy atom. The molecule has 0 unspecified atom stereocenters. The number of amidine groups is 2. The molecule has 0 aliphatic heterocycles. The van der Waals surface area contributed by atoms with Crippen LogP contribution >= 0.6 is 12.4 Å². The summed E-state index contributed by atoms with van der Waals surface area (Å²) < 4.78 is 11.3. The van der Waals surface area contributed by atoms with Crippen LogP contribution in [0.4, 0.5) is 0 Å². The Morgan fingerprint density at radius 3 is 1.32 bits per heavy atom. The highest BCUT2D eigenvalue weighted by atomic mass is 35.5. The van der Waals surface area contributed by atoms with Gasteiger partial charge in [-0.25, -0.2) is 0 Å². The molecule has 0 fully saturated rings. The predicted octanol–water partition coefficient (Wildman–Crippen LogP) is 2.09. The van der Waals surface area contributed by atoms with E-state index in [0.717, 1.165) is 50.5 Å². The van der Waals surface area contributed by atoms with Crippen molar-refractivity contribution in [3.05, 3.63) is 59.7 Å². The van der Waals surface area contributed by atoms with Gasteiger partial charge in [0.2, 0.25) is 0 Å². The van der Waals surface area contributed by atoms with Crippen LogP contribution in [0.3, 0.4) is 0 Å². The van der Waals surface area contributed by atoms with Crippen molar-refractivity contribution in [3.8, 4) is 11.5 Å². The standard InChI is InChI=1S/C22H32N6O2.ClH/c23-21(24)17-3-7-19(8-4-17)29-15-1-11-27-13-14-28-12-2-16-30-20-9-5-18(6-10-20)22(25)26;/h3-10,27-28H,1-2,11-16H2,(H3,23,24)(H3,25,26);1H. The van der Waals surface area contributed by atoms with Crippen LogP contribution in [0.25, 0.3) is 0 Å². The number of ether oxygens (including phenoxy) is 2. The fourth-order valence-corrected chi connectivity index (χ4v) is 2.66. The second-order valence-corrected chi connectivity index (χ2v) is 6.78. The first-order chi connectivity index (χ1) is 14.6. The van der Waals surface area contributed by atoms with E-state index in [1.165, 1.54) is 0 Å². The molecule has 2 aromatic rings. The Hall–Kier alpha value is -2.81. The molecule has 8 nitrogen and oxygen atoms in total. The van der Waals surface area contributed by atoms with Crippen molar-refractivity contribution >= 4 is 24.1 Å². The van der Waals surface area contributed by atoms with Gasteiger partial charge in [-0.1, -0.05) is 0 Å². The fraction of sp³-hybridized carbons (Fsp3) is 0.364. The summed E-state index contributed by atoms with van der Waals surface area (Å²) in [5.74, 6) is 1.71. The molecule has 0 aromatic heterocycles. The maximum Gasteiger partial charge on any atom is 0.122 e. The van der Waals surface area contributed by atoms with Crippen LogP contribution < -0.4 is 31.6 Å². The summed E-state index contributed by atoms with van der Waals surface area (Å²) in [4.78, 5) is 0. The highest BCUT2D eigenvalue weighted by Gasteiger charge is 1.99. The van der Waals surface area contributed by atoms with Gasteiger partial charge in [-0.05, 0) is 74.5 Å². The van der Waals surface area contributed by atoms with E-state index in [-0.39, 0.29) is 24.1 Å². The molecule has 170 valence electrons. The minimum absolute atomic E-state index is 0. The fourth-order valence-electron chi connectivity index (χ4n) is 2.66. The van der Waals surface area contributed by atoms with Crippen LogP contribution in [-0.2, 0) is 0 Å².